The Balaban J connectivity index is 0.000000137. The first-order chi connectivity index (χ1) is 29.0. The summed E-state index contributed by atoms with van der Waals surface area (Å²) >= 11 is 5.99. The van der Waals surface area contributed by atoms with Crippen molar-refractivity contribution in [3.8, 4) is 68.4 Å². The Morgan fingerprint density at radius 3 is 1.19 bits per heavy atom. The third-order valence-electron chi connectivity index (χ3n) is 9.24. The third kappa shape index (κ3) is 9.26. The molecule has 10 rings (SSSR count). The molecule has 0 aliphatic heterocycles. The molecule has 59 heavy (non-hydrogen) atoms. The van der Waals surface area contributed by atoms with Crippen LogP contribution in [0.2, 0.25) is 5.28 Å². The predicted octanol–water partition coefficient (Wildman–Crippen LogP) is 12.1. The lowest BCUT2D eigenvalue weighted by molar-refractivity contribution is 0.476. The molecular formula is C50H35ClN6O2. The van der Waals surface area contributed by atoms with E-state index in [-0.39, 0.29) is 11.0 Å². The van der Waals surface area contributed by atoms with Crippen LogP contribution in [0.3, 0.4) is 0 Å². The van der Waals surface area contributed by atoms with Crippen molar-refractivity contribution in [2.24, 2.45) is 0 Å². The average Bonchev–Trinajstić information content (AvgIpc) is 3.30. The molecule has 0 saturated carbocycles. The minimum Gasteiger partial charge on any atom is -0.508 e. The molecule has 0 aliphatic rings. The Morgan fingerprint density at radius 2 is 0.695 bits per heavy atom. The van der Waals surface area contributed by atoms with Crippen molar-refractivity contribution in [1.82, 2.24) is 29.9 Å². The fraction of sp³-hybridized carbons (Fsp3) is 0. The van der Waals surface area contributed by atoms with Crippen LogP contribution in [0.25, 0.3) is 78.5 Å². The van der Waals surface area contributed by atoms with Gasteiger partial charge in [0.2, 0.25) is 5.28 Å². The van der Waals surface area contributed by atoms with E-state index in [0.717, 1.165) is 43.8 Å². The molecule has 0 atom stereocenters. The smallest absolute Gasteiger partial charge is 0.226 e. The number of phenols is 2. The topological polar surface area (TPSA) is 118 Å². The van der Waals surface area contributed by atoms with Gasteiger partial charge < -0.3 is 10.2 Å². The van der Waals surface area contributed by atoms with Gasteiger partial charge in [-0.25, -0.2) is 19.9 Å². The maximum atomic E-state index is 10.7. The van der Waals surface area contributed by atoms with E-state index in [1.165, 1.54) is 0 Å². The van der Waals surface area contributed by atoms with Crippen molar-refractivity contribution < 1.29 is 10.2 Å². The summed E-state index contributed by atoms with van der Waals surface area (Å²) in [6, 6.07) is 63.8. The lowest BCUT2D eigenvalue weighted by atomic mass is 10.0. The minimum absolute atomic E-state index is 0.146. The van der Waals surface area contributed by atoms with Crippen molar-refractivity contribution in [1.29, 1.82) is 0 Å². The molecule has 2 aromatic heterocycles. The van der Waals surface area contributed by atoms with Crippen molar-refractivity contribution in [3.05, 3.63) is 205 Å². The highest BCUT2D eigenvalue weighted by atomic mass is 35.5. The van der Waals surface area contributed by atoms with Gasteiger partial charge in [0.15, 0.2) is 29.1 Å². The van der Waals surface area contributed by atoms with Gasteiger partial charge in [-0.3, -0.25) is 0 Å². The first kappa shape index (κ1) is 38.1. The Hall–Kier alpha value is -7.81. The van der Waals surface area contributed by atoms with E-state index in [0.29, 0.717) is 40.4 Å². The number of benzene rings is 8. The second kappa shape index (κ2) is 18.0. The molecule has 284 valence electrons. The van der Waals surface area contributed by atoms with Gasteiger partial charge in [-0.15, -0.1) is 0 Å². The predicted molar refractivity (Wildman–Crippen MR) is 237 cm³/mol. The van der Waals surface area contributed by atoms with Gasteiger partial charge in [0.05, 0.1) is 5.56 Å². The monoisotopic (exact) mass is 786 g/mol. The minimum atomic E-state index is 0.146. The molecule has 10 aromatic rings. The van der Waals surface area contributed by atoms with Crippen LogP contribution in [0.15, 0.2) is 200 Å². The standard InChI is InChI=1S/C25H17N3O.C15H10ClN3.C10H8O/c29-21-16-15-17-9-7-8-14-20(17)22(21)25-27-23(18-10-3-1-4-11-18)26-24(28-25)19-12-5-2-6-13-19;16-15-18-13(11-7-3-1-4-8-11)17-14(19-15)12-9-5-2-6-10-12;11-10-6-5-8-3-1-2-4-9(8)7-10/h1-16,29H;1-10H;1-7,11H. The van der Waals surface area contributed by atoms with E-state index < -0.39 is 0 Å². The fourth-order valence-electron chi connectivity index (χ4n) is 6.37. The molecule has 8 nitrogen and oxygen atoms in total. The zero-order valence-electron chi connectivity index (χ0n) is 31.5. The zero-order chi connectivity index (χ0) is 40.4. The van der Waals surface area contributed by atoms with Gasteiger partial charge in [-0.1, -0.05) is 182 Å². The summed E-state index contributed by atoms with van der Waals surface area (Å²) in [5, 5.41) is 24.2. The zero-order valence-corrected chi connectivity index (χ0v) is 32.3. The molecule has 0 unspecified atom stereocenters. The number of rotatable bonds is 5. The number of nitrogens with zero attached hydrogens (tertiary/aromatic N) is 6. The average molecular weight is 787 g/mol. The van der Waals surface area contributed by atoms with E-state index in [9.17, 15) is 5.11 Å². The second-order valence-corrected chi connectivity index (χ2v) is 13.6. The van der Waals surface area contributed by atoms with E-state index >= 15 is 0 Å². The molecule has 0 amide bonds. The van der Waals surface area contributed by atoms with Gasteiger partial charge in [0.25, 0.3) is 0 Å². The fourth-order valence-corrected chi connectivity index (χ4v) is 6.53. The largest absolute Gasteiger partial charge is 0.508 e. The molecule has 2 N–H and O–H groups in total. The molecule has 0 saturated heterocycles. The van der Waals surface area contributed by atoms with E-state index in [1.54, 1.807) is 18.2 Å². The normalized spacial score (nSPS) is 10.6. The maximum Gasteiger partial charge on any atom is 0.226 e. The Morgan fingerprint density at radius 1 is 0.322 bits per heavy atom. The highest BCUT2D eigenvalue weighted by Crippen LogP contribution is 2.36. The van der Waals surface area contributed by atoms with Gasteiger partial charge in [0, 0.05) is 22.3 Å². The molecule has 0 bridgehead atoms. The SMILES string of the molecule is Clc1nc(-c2ccccc2)nc(-c2ccccc2)n1.Oc1ccc2ccccc2c1.Oc1ccc2ccccc2c1-c1nc(-c2ccccc2)nc(-c2ccccc2)n1. The number of halogens is 1. The van der Waals surface area contributed by atoms with Crippen LogP contribution in [-0.2, 0) is 0 Å². The van der Waals surface area contributed by atoms with E-state index in [4.69, 9.17) is 31.7 Å². The molecule has 0 fully saturated rings. The van der Waals surface area contributed by atoms with Gasteiger partial charge in [-0.05, 0) is 51.3 Å². The molecule has 0 aliphatic carbocycles. The summed E-state index contributed by atoms with van der Waals surface area (Å²) in [4.78, 5) is 27.0. The summed E-state index contributed by atoms with van der Waals surface area (Å²) in [5.74, 6) is 3.23. The number of phenolic OH excluding ortho intramolecular Hbond substituents is 2. The van der Waals surface area contributed by atoms with Gasteiger partial charge >= 0.3 is 0 Å². The first-order valence-electron chi connectivity index (χ1n) is 18.8. The number of aromatic hydroxyl groups is 2. The maximum absolute atomic E-state index is 10.7. The number of hydrogen-bond acceptors (Lipinski definition) is 8. The van der Waals surface area contributed by atoms with Gasteiger partial charge in [0.1, 0.15) is 11.5 Å². The van der Waals surface area contributed by atoms with Crippen LogP contribution in [0, 0.1) is 0 Å². The Labute approximate surface area is 345 Å². The highest BCUT2D eigenvalue weighted by molar-refractivity contribution is 6.28. The van der Waals surface area contributed by atoms with Crippen LogP contribution in [-0.4, -0.2) is 40.1 Å². The number of aromatic nitrogens is 6. The molecular weight excluding hydrogens is 752 g/mol. The van der Waals surface area contributed by atoms with Crippen LogP contribution >= 0.6 is 11.6 Å². The van der Waals surface area contributed by atoms with Crippen LogP contribution in [0.1, 0.15) is 0 Å². The van der Waals surface area contributed by atoms with Crippen molar-refractivity contribution in [2.45, 2.75) is 0 Å². The molecule has 2 heterocycles. The lowest BCUT2D eigenvalue weighted by Crippen LogP contribution is -2.00. The summed E-state index contributed by atoms with van der Waals surface area (Å²) in [6.45, 7) is 0. The molecule has 9 heteroatoms. The molecule has 0 radical (unpaired) electrons. The van der Waals surface area contributed by atoms with Gasteiger partial charge in [-0.2, -0.15) is 9.97 Å². The Kier molecular flexibility index (Phi) is 11.6. The number of hydrogen-bond donors (Lipinski definition) is 2. The molecule has 8 aromatic carbocycles. The van der Waals surface area contributed by atoms with E-state index in [2.05, 4.69) is 15.0 Å². The summed E-state index contributed by atoms with van der Waals surface area (Å²) in [7, 11) is 0. The third-order valence-corrected chi connectivity index (χ3v) is 9.40. The van der Waals surface area contributed by atoms with Crippen molar-refractivity contribution in [2.75, 3.05) is 0 Å². The quantitative estimate of drug-likeness (QED) is 0.177. The molecule has 0 spiro atoms. The second-order valence-electron chi connectivity index (χ2n) is 13.2. The lowest BCUT2D eigenvalue weighted by Gasteiger charge is -2.11. The summed E-state index contributed by atoms with van der Waals surface area (Å²) in [5.41, 5.74) is 4.24. The highest BCUT2D eigenvalue weighted by Gasteiger charge is 2.17. The van der Waals surface area contributed by atoms with Crippen molar-refractivity contribution >= 4 is 33.1 Å². The van der Waals surface area contributed by atoms with Crippen LogP contribution in [0.4, 0.5) is 0 Å². The number of fused-ring (bicyclic) bond motifs is 2. The first-order valence-corrected chi connectivity index (χ1v) is 19.1. The Bertz CT molecular complexity index is 2860. The summed E-state index contributed by atoms with van der Waals surface area (Å²) in [6.07, 6.45) is 0. The summed E-state index contributed by atoms with van der Waals surface area (Å²) < 4.78 is 0. The van der Waals surface area contributed by atoms with Crippen LogP contribution in [0.5, 0.6) is 11.5 Å². The van der Waals surface area contributed by atoms with E-state index in [1.807, 2.05) is 182 Å². The van der Waals surface area contributed by atoms with Crippen molar-refractivity contribution in [3.63, 3.8) is 0 Å². The van der Waals surface area contributed by atoms with Crippen LogP contribution < -0.4 is 0 Å².